The molecule has 1 aliphatic heterocycles. The lowest BCUT2D eigenvalue weighted by atomic mass is 10.2. The van der Waals surface area contributed by atoms with E-state index in [0.29, 0.717) is 54.7 Å². The van der Waals surface area contributed by atoms with Gasteiger partial charge in [-0.25, -0.2) is 4.68 Å². The molecule has 9 nitrogen and oxygen atoms in total. The van der Waals surface area contributed by atoms with Gasteiger partial charge in [0.2, 0.25) is 0 Å². The summed E-state index contributed by atoms with van der Waals surface area (Å²) in [5, 5.41) is 6.82. The molecule has 0 atom stereocenters. The molecule has 2 heterocycles. The molecule has 0 unspecified atom stereocenters. The molecule has 1 aromatic heterocycles. The van der Waals surface area contributed by atoms with E-state index < -0.39 is 0 Å². The Balaban J connectivity index is 1.92. The molecule has 27 heavy (non-hydrogen) atoms. The summed E-state index contributed by atoms with van der Waals surface area (Å²) in [5.41, 5.74) is 0.868. The number of ether oxygens (including phenoxy) is 3. The Morgan fingerprint density at radius 3 is 2.56 bits per heavy atom. The lowest BCUT2D eigenvalue weighted by molar-refractivity contribution is 0.102. The lowest BCUT2D eigenvalue weighted by Gasteiger charge is -2.29. The molecule has 2 aromatic rings. The highest BCUT2D eigenvalue weighted by atomic mass is 16.5. The van der Waals surface area contributed by atoms with E-state index in [-0.39, 0.29) is 11.5 Å². The maximum Gasteiger partial charge on any atom is 0.292 e. The molecule has 1 aliphatic rings. The molecule has 0 radical (unpaired) electrons. The van der Waals surface area contributed by atoms with E-state index in [4.69, 9.17) is 14.2 Å². The Bertz CT molecular complexity index is 890. The average Bonchev–Trinajstić information content (AvgIpc) is 2.71. The van der Waals surface area contributed by atoms with Crippen molar-refractivity contribution < 1.29 is 19.0 Å². The number of aromatic nitrogens is 2. The zero-order valence-corrected chi connectivity index (χ0v) is 15.5. The van der Waals surface area contributed by atoms with Crippen LogP contribution < -0.4 is 25.2 Å². The van der Waals surface area contributed by atoms with Gasteiger partial charge in [0, 0.05) is 25.7 Å². The molecule has 1 N–H and O–H groups in total. The van der Waals surface area contributed by atoms with Crippen molar-refractivity contribution in [3.05, 3.63) is 40.3 Å². The number of hydrogen-bond acceptors (Lipinski definition) is 7. The predicted octanol–water partition coefficient (Wildman–Crippen LogP) is 0.886. The number of anilines is 2. The van der Waals surface area contributed by atoms with Gasteiger partial charge < -0.3 is 24.4 Å². The lowest BCUT2D eigenvalue weighted by Crippen LogP contribution is -2.41. The molecule has 0 aliphatic carbocycles. The number of methoxy groups -OCH3 is 2. The number of morpholine rings is 1. The first-order valence-electron chi connectivity index (χ1n) is 8.47. The third-order valence-electron chi connectivity index (χ3n) is 4.33. The van der Waals surface area contributed by atoms with Crippen molar-refractivity contribution in [3.63, 3.8) is 0 Å². The molecule has 1 saturated heterocycles. The molecule has 1 fully saturated rings. The van der Waals surface area contributed by atoms with Crippen molar-refractivity contribution in [2.45, 2.75) is 0 Å². The fourth-order valence-electron chi connectivity index (χ4n) is 2.88. The number of carbonyl (C=O) groups is 1. The molecule has 1 amide bonds. The fourth-order valence-corrected chi connectivity index (χ4v) is 2.88. The van der Waals surface area contributed by atoms with E-state index in [9.17, 15) is 9.59 Å². The molecular weight excluding hydrogens is 352 g/mol. The van der Waals surface area contributed by atoms with Gasteiger partial charge in [0.15, 0.2) is 11.5 Å². The van der Waals surface area contributed by atoms with Crippen LogP contribution in [0.4, 0.5) is 11.4 Å². The summed E-state index contributed by atoms with van der Waals surface area (Å²) in [6.07, 6.45) is 1.48. The Hall–Kier alpha value is -3.07. The van der Waals surface area contributed by atoms with E-state index in [1.807, 2.05) is 4.90 Å². The minimum atomic E-state index is -0.375. The summed E-state index contributed by atoms with van der Waals surface area (Å²) in [4.78, 5) is 27.2. The van der Waals surface area contributed by atoms with Gasteiger partial charge in [0.25, 0.3) is 11.5 Å². The SMILES string of the molecule is COc1ccc(C(=O)Nc2cnn(C)c(=O)c2N2CCOCC2)cc1OC. The van der Waals surface area contributed by atoms with Crippen LogP contribution in [-0.4, -0.2) is 56.2 Å². The smallest absolute Gasteiger partial charge is 0.292 e. The van der Waals surface area contributed by atoms with Crippen LogP contribution in [0.2, 0.25) is 0 Å². The Morgan fingerprint density at radius 1 is 1.19 bits per heavy atom. The van der Waals surface area contributed by atoms with E-state index >= 15 is 0 Å². The third-order valence-corrected chi connectivity index (χ3v) is 4.33. The number of benzene rings is 1. The number of amides is 1. The average molecular weight is 374 g/mol. The van der Waals surface area contributed by atoms with Crippen molar-refractivity contribution in [2.75, 3.05) is 50.7 Å². The summed E-state index contributed by atoms with van der Waals surface area (Å²) in [6, 6.07) is 4.86. The maximum absolute atomic E-state index is 12.7. The van der Waals surface area contributed by atoms with Crippen LogP contribution in [0.3, 0.4) is 0 Å². The summed E-state index contributed by atoms with van der Waals surface area (Å²) in [5.74, 6) is 0.597. The summed E-state index contributed by atoms with van der Waals surface area (Å²) >= 11 is 0. The number of aryl methyl sites for hydroxylation is 1. The van der Waals surface area contributed by atoms with Crippen LogP contribution >= 0.6 is 0 Å². The summed E-state index contributed by atoms with van der Waals surface area (Å²) < 4.78 is 17.0. The molecule has 144 valence electrons. The van der Waals surface area contributed by atoms with Crippen molar-refractivity contribution >= 4 is 17.3 Å². The zero-order valence-electron chi connectivity index (χ0n) is 15.5. The first-order chi connectivity index (χ1) is 13.0. The second-order valence-corrected chi connectivity index (χ2v) is 5.96. The highest BCUT2D eigenvalue weighted by Crippen LogP contribution is 2.28. The van der Waals surface area contributed by atoms with Crippen LogP contribution in [-0.2, 0) is 11.8 Å². The van der Waals surface area contributed by atoms with Gasteiger partial charge in [-0.1, -0.05) is 0 Å². The van der Waals surface area contributed by atoms with E-state index in [2.05, 4.69) is 10.4 Å². The van der Waals surface area contributed by atoms with Gasteiger partial charge in [-0.05, 0) is 18.2 Å². The monoisotopic (exact) mass is 374 g/mol. The molecular formula is C18H22N4O5. The minimum absolute atomic E-state index is 0.276. The van der Waals surface area contributed by atoms with Gasteiger partial charge in [-0.3, -0.25) is 9.59 Å². The maximum atomic E-state index is 12.7. The number of nitrogens with one attached hydrogen (secondary N) is 1. The fraction of sp³-hybridized carbons (Fsp3) is 0.389. The van der Waals surface area contributed by atoms with Crippen LogP contribution in [0.5, 0.6) is 11.5 Å². The van der Waals surface area contributed by atoms with Crippen molar-refractivity contribution in [1.29, 1.82) is 0 Å². The van der Waals surface area contributed by atoms with Gasteiger partial charge in [0.05, 0.1) is 39.3 Å². The quantitative estimate of drug-likeness (QED) is 0.830. The molecule has 0 bridgehead atoms. The second-order valence-electron chi connectivity index (χ2n) is 5.96. The van der Waals surface area contributed by atoms with Gasteiger partial charge in [-0.2, -0.15) is 5.10 Å². The van der Waals surface area contributed by atoms with Crippen LogP contribution in [0.15, 0.2) is 29.2 Å². The third kappa shape index (κ3) is 3.87. The zero-order chi connectivity index (χ0) is 19.4. The van der Waals surface area contributed by atoms with E-state index in [0.717, 1.165) is 0 Å². The number of carbonyl (C=O) groups excluding carboxylic acids is 1. The second kappa shape index (κ2) is 8.09. The molecule has 9 heteroatoms. The van der Waals surface area contributed by atoms with Crippen molar-refractivity contribution in [3.8, 4) is 11.5 Å². The van der Waals surface area contributed by atoms with Crippen LogP contribution in [0, 0.1) is 0 Å². The Labute approximate surface area is 156 Å². The first-order valence-corrected chi connectivity index (χ1v) is 8.47. The van der Waals surface area contributed by atoms with Gasteiger partial charge >= 0.3 is 0 Å². The van der Waals surface area contributed by atoms with E-state index in [1.165, 1.54) is 25.1 Å². The molecule has 0 spiro atoms. The molecule has 3 rings (SSSR count). The number of rotatable bonds is 5. The summed E-state index contributed by atoms with van der Waals surface area (Å²) in [6.45, 7) is 2.18. The predicted molar refractivity (Wildman–Crippen MR) is 100 cm³/mol. The van der Waals surface area contributed by atoms with Crippen molar-refractivity contribution in [1.82, 2.24) is 9.78 Å². The first kappa shape index (κ1) is 18.7. The van der Waals surface area contributed by atoms with Gasteiger partial charge in [0.1, 0.15) is 5.69 Å². The minimum Gasteiger partial charge on any atom is -0.493 e. The Kier molecular flexibility index (Phi) is 5.60. The number of hydrogen-bond donors (Lipinski definition) is 1. The topological polar surface area (TPSA) is 94.9 Å². The Morgan fingerprint density at radius 2 is 1.89 bits per heavy atom. The van der Waals surface area contributed by atoms with Crippen LogP contribution in [0.25, 0.3) is 0 Å². The number of nitrogens with zero attached hydrogens (tertiary/aromatic N) is 3. The normalized spacial score (nSPS) is 14.0. The van der Waals surface area contributed by atoms with E-state index in [1.54, 1.807) is 25.2 Å². The molecule has 0 saturated carbocycles. The van der Waals surface area contributed by atoms with Crippen LogP contribution in [0.1, 0.15) is 10.4 Å². The highest BCUT2D eigenvalue weighted by molar-refractivity contribution is 6.06. The van der Waals surface area contributed by atoms with Gasteiger partial charge in [-0.15, -0.1) is 0 Å². The standard InChI is InChI=1S/C18H22N4O5/c1-21-18(24)16(22-6-8-27-9-7-22)13(11-19-21)20-17(23)12-4-5-14(25-2)15(10-12)26-3/h4-5,10-11H,6-9H2,1-3H3,(H,20,23). The molecule has 1 aromatic carbocycles. The largest absolute Gasteiger partial charge is 0.493 e. The highest BCUT2D eigenvalue weighted by Gasteiger charge is 2.21. The van der Waals surface area contributed by atoms with Crippen molar-refractivity contribution in [2.24, 2.45) is 7.05 Å². The summed E-state index contributed by atoms with van der Waals surface area (Å²) in [7, 11) is 4.60.